The minimum Gasteiger partial charge on any atom is -0.493 e. The summed E-state index contributed by atoms with van der Waals surface area (Å²) in [5, 5.41) is 2.84. The monoisotopic (exact) mass is 748 g/mol. The molecule has 0 saturated heterocycles. The van der Waals surface area contributed by atoms with Crippen molar-refractivity contribution in [3.05, 3.63) is 60.7 Å². The van der Waals surface area contributed by atoms with Crippen LogP contribution >= 0.6 is 0 Å². The number of urea groups is 1. The number of benzene rings is 2. The number of carbonyl (C=O) groups excluding carboxylic acids is 5. The zero-order chi connectivity index (χ0) is 39.0. The molecule has 0 spiro atoms. The summed E-state index contributed by atoms with van der Waals surface area (Å²) in [5.41, 5.74) is 0.415. The Balaban J connectivity index is 1.14. The fourth-order valence-electron chi connectivity index (χ4n) is 6.79. The Morgan fingerprint density at radius 3 is 1.96 bits per heavy atom. The molecule has 2 aromatic carbocycles. The second-order valence-corrected chi connectivity index (χ2v) is 14.7. The van der Waals surface area contributed by atoms with Gasteiger partial charge >= 0.3 is 18.0 Å². The highest BCUT2D eigenvalue weighted by Crippen LogP contribution is 2.34. The van der Waals surface area contributed by atoms with Gasteiger partial charge in [0.1, 0.15) is 23.0 Å². The molecule has 294 valence electrons. The van der Waals surface area contributed by atoms with E-state index < -0.39 is 5.97 Å². The van der Waals surface area contributed by atoms with Crippen molar-refractivity contribution in [3.8, 4) is 23.0 Å². The smallest absolute Gasteiger partial charge is 0.330 e. The van der Waals surface area contributed by atoms with E-state index in [1.165, 1.54) is 4.90 Å². The Morgan fingerprint density at radius 1 is 0.778 bits per heavy atom. The first-order chi connectivity index (χ1) is 26.0. The van der Waals surface area contributed by atoms with Crippen LogP contribution in [0.2, 0.25) is 0 Å². The molecule has 4 rings (SSSR count). The molecular formula is C42H56N2O10. The number of nitrogens with zero attached hydrogens (tertiary/aromatic N) is 1. The lowest BCUT2D eigenvalue weighted by Gasteiger charge is -2.33. The molecule has 0 radical (unpaired) electrons. The molecule has 2 fully saturated rings. The number of carbonyl (C=O) groups is 5. The van der Waals surface area contributed by atoms with Gasteiger partial charge in [-0.15, -0.1) is 0 Å². The molecule has 0 aromatic heterocycles. The number of nitrogens with one attached hydrogen (secondary N) is 1. The minimum absolute atomic E-state index is 0.0498. The van der Waals surface area contributed by atoms with Crippen LogP contribution in [0.4, 0.5) is 4.79 Å². The van der Waals surface area contributed by atoms with Gasteiger partial charge in [-0.05, 0) is 133 Å². The molecule has 2 aromatic rings. The Morgan fingerprint density at radius 2 is 1.37 bits per heavy atom. The molecule has 54 heavy (non-hydrogen) atoms. The Kier molecular flexibility index (Phi) is 16.4. The molecule has 12 nitrogen and oxygen atoms in total. The van der Waals surface area contributed by atoms with Gasteiger partial charge < -0.3 is 29.0 Å². The van der Waals surface area contributed by atoms with Gasteiger partial charge in [-0.3, -0.25) is 19.3 Å². The number of hydrogen-bond acceptors (Lipinski definition) is 10. The number of imide groups is 1. The molecule has 3 amide bonds. The Labute approximate surface area is 318 Å². The molecule has 2 saturated carbocycles. The van der Waals surface area contributed by atoms with Crippen LogP contribution < -0.4 is 24.3 Å². The van der Waals surface area contributed by atoms with Crippen LogP contribution in [0.3, 0.4) is 0 Å². The van der Waals surface area contributed by atoms with E-state index in [9.17, 15) is 24.0 Å². The molecule has 0 heterocycles. The van der Waals surface area contributed by atoms with Crippen molar-refractivity contribution in [1.29, 1.82) is 0 Å². The summed E-state index contributed by atoms with van der Waals surface area (Å²) in [6.45, 7) is 12.3. The van der Waals surface area contributed by atoms with Crippen molar-refractivity contribution >= 4 is 30.2 Å². The van der Waals surface area contributed by atoms with Crippen LogP contribution in [-0.4, -0.2) is 73.6 Å². The molecular weight excluding hydrogens is 692 g/mol. The summed E-state index contributed by atoms with van der Waals surface area (Å²) in [5.74, 6) is 1.47. The van der Waals surface area contributed by atoms with Crippen molar-refractivity contribution < 1.29 is 47.7 Å². The van der Waals surface area contributed by atoms with Gasteiger partial charge in [0, 0.05) is 30.5 Å². The fourth-order valence-corrected chi connectivity index (χ4v) is 6.79. The summed E-state index contributed by atoms with van der Waals surface area (Å²) >= 11 is 0. The number of rotatable bonds is 18. The summed E-state index contributed by atoms with van der Waals surface area (Å²) < 4.78 is 28.3. The third kappa shape index (κ3) is 12.9. The van der Waals surface area contributed by atoms with E-state index in [-0.39, 0.29) is 60.3 Å². The number of esters is 2. The van der Waals surface area contributed by atoms with Crippen LogP contribution in [-0.2, 0) is 19.1 Å². The third-order valence-electron chi connectivity index (χ3n) is 9.84. The molecule has 0 atom stereocenters. The zero-order valence-electron chi connectivity index (χ0n) is 32.1. The van der Waals surface area contributed by atoms with Crippen molar-refractivity contribution in [2.24, 2.45) is 23.7 Å². The number of amides is 3. The maximum Gasteiger partial charge on any atom is 0.330 e. The lowest BCUT2D eigenvalue weighted by Crippen LogP contribution is -2.51. The van der Waals surface area contributed by atoms with E-state index in [1.807, 2.05) is 27.7 Å². The maximum absolute atomic E-state index is 13.2. The van der Waals surface area contributed by atoms with Crippen molar-refractivity contribution in [3.63, 3.8) is 0 Å². The lowest BCUT2D eigenvalue weighted by molar-refractivity contribution is -0.140. The van der Waals surface area contributed by atoms with E-state index in [2.05, 4.69) is 11.9 Å². The molecule has 0 aliphatic heterocycles. The van der Waals surface area contributed by atoms with E-state index in [1.54, 1.807) is 42.5 Å². The van der Waals surface area contributed by atoms with Crippen molar-refractivity contribution in [2.75, 3.05) is 26.4 Å². The van der Waals surface area contributed by atoms with Crippen molar-refractivity contribution in [1.82, 2.24) is 10.2 Å². The largest absolute Gasteiger partial charge is 0.493 e. The van der Waals surface area contributed by atoms with Crippen LogP contribution in [0, 0.1) is 23.7 Å². The van der Waals surface area contributed by atoms with Crippen LogP contribution in [0.25, 0.3) is 0 Å². The quantitative estimate of drug-likeness (QED) is 0.0541. The van der Waals surface area contributed by atoms with Gasteiger partial charge in [-0.1, -0.05) is 6.58 Å². The number of aldehydes is 1. The van der Waals surface area contributed by atoms with Crippen LogP contribution in [0.1, 0.15) is 95.8 Å². The second kappa shape index (κ2) is 21.1. The summed E-state index contributed by atoms with van der Waals surface area (Å²) in [7, 11) is 0. The van der Waals surface area contributed by atoms with Gasteiger partial charge in [-0.25, -0.2) is 9.59 Å². The molecule has 2 aliphatic rings. The molecule has 2 aliphatic carbocycles. The van der Waals surface area contributed by atoms with Crippen LogP contribution in [0.15, 0.2) is 55.1 Å². The van der Waals surface area contributed by atoms with E-state index in [0.29, 0.717) is 80.5 Å². The van der Waals surface area contributed by atoms with E-state index in [0.717, 1.165) is 38.0 Å². The number of ether oxygens (including phenoxy) is 5. The predicted molar refractivity (Wildman–Crippen MR) is 203 cm³/mol. The maximum atomic E-state index is 13.2. The third-order valence-corrected chi connectivity index (χ3v) is 9.84. The minimum atomic E-state index is -0.464. The molecule has 0 unspecified atom stereocenters. The SMILES string of the molecule is C=CC(=O)OCCCOc1ccc(OC(=O)C2CCC(COc3ccc(OCC4CCC(C(=O)N(C(=O)NC(C)C)C(C)C)CC4)cc3C=O)CC2)cc1. The van der Waals surface area contributed by atoms with Gasteiger partial charge in [-0.2, -0.15) is 0 Å². The average Bonchev–Trinajstić information content (AvgIpc) is 3.16. The molecule has 12 heteroatoms. The average molecular weight is 749 g/mol. The summed E-state index contributed by atoms with van der Waals surface area (Å²) in [6.07, 6.45) is 8.46. The first-order valence-electron chi connectivity index (χ1n) is 19.2. The van der Waals surface area contributed by atoms with Gasteiger partial charge in [0.05, 0.1) is 37.9 Å². The van der Waals surface area contributed by atoms with E-state index in [4.69, 9.17) is 23.7 Å². The zero-order valence-corrected chi connectivity index (χ0v) is 32.1. The molecule has 1 N–H and O–H groups in total. The van der Waals surface area contributed by atoms with Gasteiger partial charge in [0.15, 0.2) is 6.29 Å². The standard InChI is InChI=1S/C42H56N2O10/c1-6-39(46)51-23-7-22-50-35-16-18-36(19-17-35)54-41(48)33-14-10-31(11-15-33)27-53-38-21-20-37(24-34(38)25-45)52-26-30-8-12-32(13-9-30)40(47)44(29(4)5)42(49)43-28(2)3/h6,16-21,24-25,28-33H,1,7-15,22-23,26-27H2,2-5H3,(H,43,49). The van der Waals surface area contributed by atoms with E-state index >= 15 is 0 Å². The topological polar surface area (TPSA) is 147 Å². The van der Waals surface area contributed by atoms with Gasteiger partial charge in [0.2, 0.25) is 5.91 Å². The van der Waals surface area contributed by atoms with Gasteiger partial charge in [0.25, 0.3) is 0 Å². The lowest BCUT2D eigenvalue weighted by atomic mass is 9.81. The highest BCUT2D eigenvalue weighted by molar-refractivity contribution is 5.96. The second-order valence-electron chi connectivity index (χ2n) is 14.7. The first-order valence-corrected chi connectivity index (χ1v) is 19.2. The summed E-state index contributed by atoms with van der Waals surface area (Å²) in [4.78, 5) is 63.1. The normalized spacial score (nSPS) is 19.7. The first kappa shape index (κ1) is 41.9. The predicted octanol–water partition coefficient (Wildman–Crippen LogP) is 7.33. The Hall–Kier alpha value is -4.87. The van der Waals surface area contributed by atoms with Crippen molar-refractivity contribution in [2.45, 2.75) is 97.6 Å². The number of hydrogen-bond donors (Lipinski definition) is 1. The van der Waals surface area contributed by atoms with Crippen LogP contribution in [0.5, 0.6) is 23.0 Å². The highest BCUT2D eigenvalue weighted by Gasteiger charge is 2.34. The Bertz CT molecular complexity index is 1560. The molecule has 0 bridgehead atoms. The highest BCUT2D eigenvalue weighted by atomic mass is 16.5. The summed E-state index contributed by atoms with van der Waals surface area (Å²) in [6, 6.07) is 11.5. The fraction of sp³-hybridized carbons (Fsp3) is 0.548.